The number of nitrogens with zero attached hydrogens (tertiary/aromatic N) is 2. The predicted octanol–water partition coefficient (Wildman–Crippen LogP) is 2.13. The number of likely N-dealkylation sites (tertiary alicyclic amines) is 1. The zero-order valence-corrected chi connectivity index (χ0v) is 15.9. The fraction of sp³-hybridized carbons (Fsp3) is 0.381. The number of amides is 2. The second kappa shape index (κ2) is 7.50. The van der Waals surface area contributed by atoms with Gasteiger partial charge in [0.15, 0.2) is 0 Å². The number of ether oxygens (including phenoxy) is 2. The summed E-state index contributed by atoms with van der Waals surface area (Å²) >= 11 is 0. The Morgan fingerprint density at radius 1 is 1.11 bits per heavy atom. The summed E-state index contributed by atoms with van der Waals surface area (Å²) < 4.78 is 10.6. The molecule has 146 valence electrons. The van der Waals surface area contributed by atoms with Crippen molar-refractivity contribution in [3.63, 3.8) is 0 Å². The van der Waals surface area contributed by atoms with E-state index in [1.165, 1.54) is 0 Å². The van der Waals surface area contributed by atoms with E-state index < -0.39 is 0 Å². The summed E-state index contributed by atoms with van der Waals surface area (Å²) in [7, 11) is 3.12. The maximum Gasteiger partial charge on any atom is 0.254 e. The molecule has 2 amide bonds. The van der Waals surface area contributed by atoms with Crippen LogP contribution in [0.2, 0.25) is 0 Å². The Bertz CT molecular complexity index is 864. The van der Waals surface area contributed by atoms with Crippen LogP contribution in [0.3, 0.4) is 0 Å². The minimum absolute atomic E-state index is 0.00434. The van der Waals surface area contributed by atoms with E-state index in [0.29, 0.717) is 35.1 Å². The van der Waals surface area contributed by atoms with Gasteiger partial charge in [0.1, 0.15) is 11.5 Å². The fourth-order valence-corrected chi connectivity index (χ4v) is 4.26. The number of nitrogens with one attached hydrogen (secondary N) is 1. The lowest BCUT2D eigenvalue weighted by atomic mass is 10.0. The molecule has 2 aromatic rings. The second-order valence-corrected chi connectivity index (χ2v) is 7.29. The lowest BCUT2D eigenvalue weighted by Gasteiger charge is -2.34. The van der Waals surface area contributed by atoms with Crippen molar-refractivity contribution < 1.29 is 19.1 Å². The monoisotopic (exact) mass is 381 g/mol. The van der Waals surface area contributed by atoms with Crippen LogP contribution >= 0.6 is 0 Å². The van der Waals surface area contributed by atoms with Gasteiger partial charge in [-0.05, 0) is 43.0 Å². The summed E-state index contributed by atoms with van der Waals surface area (Å²) in [6.45, 7) is 0.711. The van der Waals surface area contributed by atoms with Crippen LogP contribution in [0.1, 0.15) is 33.6 Å². The van der Waals surface area contributed by atoms with Crippen LogP contribution in [-0.2, 0) is 0 Å². The van der Waals surface area contributed by atoms with E-state index in [4.69, 9.17) is 9.47 Å². The normalized spacial score (nSPS) is 22.8. The summed E-state index contributed by atoms with van der Waals surface area (Å²) in [4.78, 5) is 31.5. The third-order valence-electron chi connectivity index (χ3n) is 5.58. The Labute approximate surface area is 163 Å². The van der Waals surface area contributed by atoms with Crippen molar-refractivity contribution in [3.8, 4) is 11.5 Å². The van der Waals surface area contributed by atoms with Crippen molar-refractivity contribution in [1.82, 2.24) is 15.2 Å². The topological polar surface area (TPSA) is 80.8 Å². The molecule has 1 aromatic carbocycles. The zero-order chi connectivity index (χ0) is 19.7. The Morgan fingerprint density at radius 3 is 2.46 bits per heavy atom. The Balaban J connectivity index is 1.51. The minimum atomic E-state index is -0.152. The molecule has 7 heteroatoms. The lowest BCUT2D eigenvalue weighted by Crippen LogP contribution is -2.52. The number of carbonyl (C=O) groups is 2. The van der Waals surface area contributed by atoms with Gasteiger partial charge in [0.25, 0.3) is 11.8 Å². The number of methoxy groups -OCH3 is 2. The first-order valence-electron chi connectivity index (χ1n) is 9.34. The van der Waals surface area contributed by atoms with Crippen LogP contribution in [0, 0.1) is 5.92 Å². The number of hydrogen-bond acceptors (Lipinski definition) is 5. The average Bonchev–Trinajstić information content (AvgIpc) is 3.33. The molecule has 2 aliphatic rings. The molecule has 3 atom stereocenters. The number of piperidine rings is 1. The molecular weight excluding hydrogens is 358 g/mol. The number of fused-ring (bicyclic) bond motifs is 2. The summed E-state index contributed by atoms with van der Waals surface area (Å²) in [6.07, 6.45) is 4.98. The van der Waals surface area contributed by atoms with Crippen molar-refractivity contribution >= 4 is 11.8 Å². The molecule has 1 aliphatic carbocycles. The average molecular weight is 381 g/mol. The third-order valence-corrected chi connectivity index (χ3v) is 5.58. The number of rotatable bonds is 5. The molecule has 7 nitrogen and oxygen atoms in total. The number of benzene rings is 1. The first kappa shape index (κ1) is 18.3. The molecule has 0 radical (unpaired) electrons. The molecule has 28 heavy (non-hydrogen) atoms. The van der Waals surface area contributed by atoms with Crippen LogP contribution in [0.5, 0.6) is 11.5 Å². The van der Waals surface area contributed by atoms with E-state index in [1.54, 1.807) is 56.9 Å². The Morgan fingerprint density at radius 2 is 1.86 bits per heavy atom. The molecule has 1 aromatic heterocycles. The van der Waals surface area contributed by atoms with E-state index in [1.807, 2.05) is 4.90 Å². The van der Waals surface area contributed by atoms with Crippen LogP contribution in [0.25, 0.3) is 0 Å². The van der Waals surface area contributed by atoms with Crippen molar-refractivity contribution in [2.45, 2.75) is 24.9 Å². The largest absolute Gasteiger partial charge is 0.497 e. The first-order chi connectivity index (χ1) is 13.6. The Kier molecular flexibility index (Phi) is 4.90. The molecular formula is C21H23N3O4. The fourth-order valence-electron chi connectivity index (χ4n) is 4.26. The van der Waals surface area contributed by atoms with Gasteiger partial charge in [-0.1, -0.05) is 0 Å². The Hall–Kier alpha value is -3.09. The van der Waals surface area contributed by atoms with Crippen LogP contribution in [-0.4, -0.2) is 54.5 Å². The predicted molar refractivity (Wildman–Crippen MR) is 103 cm³/mol. The van der Waals surface area contributed by atoms with Gasteiger partial charge in [-0.3, -0.25) is 14.6 Å². The molecule has 1 saturated heterocycles. The maximum atomic E-state index is 13.2. The first-order valence-corrected chi connectivity index (χ1v) is 9.34. The maximum absolute atomic E-state index is 13.2. The molecule has 1 saturated carbocycles. The van der Waals surface area contributed by atoms with Crippen LogP contribution < -0.4 is 14.8 Å². The van der Waals surface area contributed by atoms with Gasteiger partial charge in [0, 0.05) is 36.6 Å². The van der Waals surface area contributed by atoms with Crippen molar-refractivity contribution in [1.29, 1.82) is 0 Å². The van der Waals surface area contributed by atoms with E-state index in [9.17, 15) is 9.59 Å². The summed E-state index contributed by atoms with van der Waals surface area (Å²) in [5.74, 6) is 1.34. The summed E-state index contributed by atoms with van der Waals surface area (Å²) in [5, 5.41) is 3.09. The van der Waals surface area contributed by atoms with Gasteiger partial charge in [-0.15, -0.1) is 0 Å². The summed E-state index contributed by atoms with van der Waals surface area (Å²) in [6, 6.07) is 8.60. The standard InChI is InChI=1S/C21H23N3O4/c1-27-16-8-15(9-17(10-16)28-2)21(26)24-12-13-6-18(19(24)7-13)23-20(25)14-4-3-5-22-11-14/h3-5,8-11,13,18-19H,6-7,12H2,1-2H3,(H,23,25). The molecule has 0 spiro atoms. The molecule has 2 fully saturated rings. The molecule has 2 bridgehead atoms. The number of pyridine rings is 1. The van der Waals surface area contributed by atoms with E-state index in [0.717, 1.165) is 12.8 Å². The lowest BCUT2D eigenvalue weighted by molar-refractivity contribution is 0.0648. The van der Waals surface area contributed by atoms with Gasteiger partial charge < -0.3 is 19.7 Å². The SMILES string of the molecule is COc1cc(OC)cc(C(=O)N2CC3CC(NC(=O)c4cccnc4)C2C3)c1. The summed E-state index contributed by atoms with van der Waals surface area (Å²) in [5.41, 5.74) is 1.06. The quantitative estimate of drug-likeness (QED) is 0.858. The van der Waals surface area contributed by atoms with E-state index in [-0.39, 0.29) is 23.9 Å². The van der Waals surface area contributed by atoms with Crippen LogP contribution in [0.4, 0.5) is 0 Å². The smallest absolute Gasteiger partial charge is 0.254 e. The van der Waals surface area contributed by atoms with Gasteiger partial charge in [-0.25, -0.2) is 0 Å². The van der Waals surface area contributed by atoms with Gasteiger partial charge >= 0.3 is 0 Å². The van der Waals surface area contributed by atoms with Gasteiger partial charge in [0.05, 0.1) is 25.8 Å². The highest BCUT2D eigenvalue weighted by molar-refractivity contribution is 5.96. The van der Waals surface area contributed by atoms with E-state index in [2.05, 4.69) is 10.3 Å². The minimum Gasteiger partial charge on any atom is -0.497 e. The highest BCUT2D eigenvalue weighted by atomic mass is 16.5. The van der Waals surface area contributed by atoms with E-state index >= 15 is 0 Å². The molecule has 2 heterocycles. The van der Waals surface area contributed by atoms with Crippen LogP contribution in [0.15, 0.2) is 42.7 Å². The third kappa shape index (κ3) is 3.40. The number of carbonyl (C=O) groups excluding carboxylic acids is 2. The number of aromatic nitrogens is 1. The molecule has 1 aliphatic heterocycles. The zero-order valence-electron chi connectivity index (χ0n) is 15.9. The molecule has 3 unspecified atom stereocenters. The van der Waals surface area contributed by atoms with Crippen molar-refractivity contribution in [2.75, 3.05) is 20.8 Å². The molecule has 4 rings (SSSR count). The number of hydrogen-bond donors (Lipinski definition) is 1. The van der Waals surface area contributed by atoms with Crippen molar-refractivity contribution in [2.24, 2.45) is 5.92 Å². The van der Waals surface area contributed by atoms with Gasteiger partial charge in [-0.2, -0.15) is 0 Å². The highest BCUT2D eigenvalue weighted by Crippen LogP contribution is 2.39. The highest BCUT2D eigenvalue weighted by Gasteiger charge is 2.47. The van der Waals surface area contributed by atoms with Gasteiger partial charge in [0.2, 0.25) is 0 Å². The second-order valence-electron chi connectivity index (χ2n) is 7.29. The van der Waals surface area contributed by atoms with Crippen molar-refractivity contribution in [3.05, 3.63) is 53.9 Å². The molecule has 1 N–H and O–H groups in total.